The van der Waals surface area contributed by atoms with Gasteiger partial charge in [0.25, 0.3) is 0 Å². The molecule has 1 aromatic heterocycles. The fraction of sp³-hybridized carbons (Fsp3) is 0.421. The van der Waals surface area contributed by atoms with Crippen LogP contribution in [0, 0.1) is 5.92 Å². The Morgan fingerprint density at radius 3 is 2.54 bits per heavy atom. The van der Waals surface area contributed by atoms with Crippen molar-refractivity contribution in [2.24, 2.45) is 5.92 Å². The number of amides is 2. The number of rotatable bonds is 8. The molecule has 1 heterocycles. The first-order valence-corrected chi connectivity index (χ1v) is 9.46. The SMILES string of the molecule is CC(C)C(=O)Nc1nc(CC(=O)NCc2ccccc2CN(C)C)cs1. The van der Waals surface area contributed by atoms with E-state index in [0.717, 1.165) is 12.1 Å². The third kappa shape index (κ3) is 6.24. The number of carbonyl (C=O) groups is 2. The van der Waals surface area contributed by atoms with Gasteiger partial charge in [-0.05, 0) is 25.2 Å². The molecule has 1 aromatic carbocycles. The lowest BCUT2D eigenvalue weighted by Gasteiger charge is -2.14. The number of benzene rings is 1. The molecule has 0 bridgehead atoms. The Balaban J connectivity index is 1.88. The average molecular weight is 375 g/mol. The summed E-state index contributed by atoms with van der Waals surface area (Å²) in [5.41, 5.74) is 2.97. The predicted octanol–water partition coefficient (Wildman–Crippen LogP) is 2.66. The molecule has 0 aliphatic heterocycles. The van der Waals surface area contributed by atoms with Gasteiger partial charge in [-0.15, -0.1) is 11.3 Å². The highest BCUT2D eigenvalue weighted by atomic mass is 32.1. The van der Waals surface area contributed by atoms with Gasteiger partial charge in [0.1, 0.15) is 0 Å². The van der Waals surface area contributed by atoms with Gasteiger partial charge in [-0.25, -0.2) is 4.98 Å². The van der Waals surface area contributed by atoms with Crippen molar-refractivity contribution in [3.8, 4) is 0 Å². The minimum atomic E-state index is -0.104. The molecule has 0 unspecified atom stereocenters. The van der Waals surface area contributed by atoms with Gasteiger partial charge >= 0.3 is 0 Å². The zero-order valence-electron chi connectivity index (χ0n) is 15.7. The fourth-order valence-electron chi connectivity index (χ4n) is 2.34. The molecule has 2 N–H and O–H groups in total. The Morgan fingerprint density at radius 2 is 1.88 bits per heavy atom. The first kappa shape index (κ1) is 20.1. The van der Waals surface area contributed by atoms with Crippen molar-refractivity contribution < 1.29 is 9.59 Å². The van der Waals surface area contributed by atoms with E-state index in [1.54, 1.807) is 5.38 Å². The Bertz CT molecular complexity index is 756. The van der Waals surface area contributed by atoms with Crippen LogP contribution in [0.15, 0.2) is 29.6 Å². The molecule has 26 heavy (non-hydrogen) atoms. The molecule has 0 saturated carbocycles. The summed E-state index contributed by atoms with van der Waals surface area (Å²) in [6.07, 6.45) is 0.198. The highest BCUT2D eigenvalue weighted by Gasteiger charge is 2.12. The Morgan fingerprint density at radius 1 is 1.19 bits per heavy atom. The van der Waals surface area contributed by atoms with Gasteiger partial charge < -0.3 is 15.5 Å². The first-order chi connectivity index (χ1) is 12.3. The highest BCUT2D eigenvalue weighted by molar-refractivity contribution is 7.13. The molecule has 140 valence electrons. The summed E-state index contributed by atoms with van der Waals surface area (Å²) < 4.78 is 0. The molecule has 2 amide bonds. The third-order valence-corrected chi connectivity index (χ3v) is 4.54. The Hall–Kier alpha value is -2.25. The largest absolute Gasteiger partial charge is 0.352 e. The number of hydrogen-bond acceptors (Lipinski definition) is 5. The molecule has 0 atom stereocenters. The van der Waals surface area contributed by atoms with Gasteiger partial charge in [-0.3, -0.25) is 9.59 Å². The standard InChI is InChI=1S/C19H26N4O2S/c1-13(2)18(25)22-19-21-16(12-26-19)9-17(24)20-10-14-7-5-6-8-15(14)11-23(3)4/h5-8,12-13H,9-11H2,1-4H3,(H,20,24)(H,21,22,25). The van der Waals surface area contributed by atoms with Crippen LogP contribution in [0.25, 0.3) is 0 Å². The second kappa shape index (κ2) is 9.45. The van der Waals surface area contributed by atoms with Gasteiger partial charge in [0.05, 0.1) is 12.1 Å². The summed E-state index contributed by atoms with van der Waals surface area (Å²) in [6.45, 7) is 4.97. The van der Waals surface area contributed by atoms with Crippen LogP contribution in [-0.4, -0.2) is 35.8 Å². The molecule has 0 radical (unpaired) electrons. The zero-order chi connectivity index (χ0) is 19.1. The number of nitrogens with one attached hydrogen (secondary N) is 2. The quantitative estimate of drug-likeness (QED) is 0.745. The predicted molar refractivity (Wildman–Crippen MR) is 105 cm³/mol. The maximum atomic E-state index is 12.2. The van der Waals surface area contributed by atoms with Crippen LogP contribution < -0.4 is 10.6 Å². The third-order valence-electron chi connectivity index (χ3n) is 3.73. The van der Waals surface area contributed by atoms with Gasteiger partial charge in [0.15, 0.2) is 5.13 Å². The van der Waals surface area contributed by atoms with Crippen LogP contribution in [0.4, 0.5) is 5.13 Å². The molecule has 0 aliphatic rings. The lowest BCUT2D eigenvalue weighted by Crippen LogP contribution is -2.25. The number of carbonyl (C=O) groups excluding carboxylic acids is 2. The molecule has 0 spiro atoms. The number of thiazole rings is 1. The van der Waals surface area contributed by atoms with Gasteiger partial charge in [-0.2, -0.15) is 0 Å². The summed E-state index contributed by atoms with van der Waals surface area (Å²) in [5, 5.41) is 8.03. The number of nitrogens with zero attached hydrogens (tertiary/aromatic N) is 2. The van der Waals surface area contributed by atoms with E-state index in [2.05, 4.69) is 26.6 Å². The number of aromatic nitrogens is 1. The summed E-state index contributed by atoms with van der Waals surface area (Å²) in [7, 11) is 4.04. The molecule has 7 heteroatoms. The van der Waals surface area contributed by atoms with Crippen LogP contribution in [0.3, 0.4) is 0 Å². The topological polar surface area (TPSA) is 74.3 Å². The van der Waals surface area contributed by atoms with Crippen LogP contribution in [-0.2, 0) is 29.1 Å². The van der Waals surface area contributed by atoms with Gasteiger partial charge in [-0.1, -0.05) is 38.1 Å². The molecular formula is C19H26N4O2S. The van der Waals surface area contributed by atoms with E-state index in [0.29, 0.717) is 17.4 Å². The van der Waals surface area contributed by atoms with Crippen LogP contribution >= 0.6 is 11.3 Å². The van der Waals surface area contributed by atoms with Gasteiger partial charge in [0, 0.05) is 24.4 Å². The molecular weight excluding hydrogens is 348 g/mol. The van der Waals surface area contributed by atoms with E-state index in [1.165, 1.54) is 16.9 Å². The minimum absolute atomic E-state index is 0.0761. The first-order valence-electron chi connectivity index (χ1n) is 8.58. The highest BCUT2D eigenvalue weighted by Crippen LogP contribution is 2.17. The van der Waals surface area contributed by atoms with E-state index in [4.69, 9.17) is 0 Å². The van der Waals surface area contributed by atoms with Crippen molar-refractivity contribution in [2.75, 3.05) is 19.4 Å². The summed E-state index contributed by atoms with van der Waals surface area (Å²) >= 11 is 1.33. The summed E-state index contributed by atoms with van der Waals surface area (Å²) in [5.74, 6) is -0.266. The second-order valence-electron chi connectivity index (χ2n) is 6.75. The normalized spacial score (nSPS) is 11.0. The zero-order valence-corrected chi connectivity index (χ0v) is 16.5. The summed E-state index contributed by atoms with van der Waals surface area (Å²) in [4.78, 5) is 30.3. The molecule has 2 aromatic rings. The Kier molecular flexibility index (Phi) is 7.29. The second-order valence-corrected chi connectivity index (χ2v) is 7.61. The molecule has 0 fully saturated rings. The fourth-order valence-corrected chi connectivity index (χ4v) is 3.05. The van der Waals surface area contributed by atoms with E-state index in [9.17, 15) is 9.59 Å². The Labute approximate surface area is 158 Å². The maximum Gasteiger partial charge on any atom is 0.228 e. The van der Waals surface area contributed by atoms with Crippen molar-refractivity contribution >= 4 is 28.3 Å². The van der Waals surface area contributed by atoms with Crippen LogP contribution in [0.5, 0.6) is 0 Å². The smallest absolute Gasteiger partial charge is 0.228 e. The van der Waals surface area contributed by atoms with Gasteiger partial charge in [0.2, 0.25) is 11.8 Å². The van der Waals surface area contributed by atoms with Crippen molar-refractivity contribution in [1.82, 2.24) is 15.2 Å². The molecule has 0 saturated heterocycles. The summed E-state index contributed by atoms with van der Waals surface area (Å²) in [6, 6.07) is 8.09. The monoisotopic (exact) mass is 374 g/mol. The average Bonchev–Trinajstić information content (AvgIpc) is 3.00. The molecule has 2 rings (SSSR count). The lowest BCUT2D eigenvalue weighted by molar-refractivity contribution is -0.120. The van der Waals surface area contributed by atoms with E-state index < -0.39 is 0 Å². The number of hydrogen-bond donors (Lipinski definition) is 2. The van der Waals surface area contributed by atoms with E-state index >= 15 is 0 Å². The van der Waals surface area contributed by atoms with Crippen LogP contribution in [0.1, 0.15) is 30.7 Å². The van der Waals surface area contributed by atoms with E-state index in [-0.39, 0.29) is 24.2 Å². The van der Waals surface area contributed by atoms with Crippen molar-refractivity contribution in [2.45, 2.75) is 33.4 Å². The van der Waals surface area contributed by atoms with E-state index in [1.807, 2.05) is 46.1 Å². The minimum Gasteiger partial charge on any atom is -0.352 e. The van der Waals surface area contributed by atoms with Crippen molar-refractivity contribution in [1.29, 1.82) is 0 Å². The molecule has 6 nitrogen and oxygen atoms in total. The van der Waals surface area contributed by atoms with Crippen molar-refractivity contribution in [3.05, 3.63) is 46.5 Å². The van der Waals surface area contributed by atoms with Crippen LogP contribution in [0.2, 0.25) is 0 Å². The van der Waals surface area contributed by atoms with Crippen molar-refractivity contribution in [3.63, 3.8) is 0 Å². The lowest BCUT2D eigenvalue weighted by atomic mass is 10.1. The number of anilines is 1. The maximum absolute atomic E-state index is 12.2. The molecule has 0 aliphatic carbocycles.